The summed E-state index contributed by atoms with van der Waals surface area (Å²) in [7, 11) is 2.55. The molecule has 6 aromatic rings. The number of halogens is 1. The van der Waals surface area contributed by atoms with Crippen molar-refractivity contribution >= 4 is 34.9 Å². The van der Waals surface area contributed by atoms with Crippen molar-refractivity contribution in [3.63, 3.8) is 0 Å². The molecule has 2 saturated heterocycles. The molecule has 4 aliphatic heterocycles. The van der Waals surface area contributed by atoms with E-state index in [1.807, 2.05) is 68.7 Å². The number of aromatic amines is 2. The number of likely N-dealkylation sites (tertiary alicyclic amines) is 2. The van der Waals surface area contributed by atoms with Gasteiger partial charge < -0.3 is 53.9 Å². The van der Waals surface area contributed by atoms with Crippen LogP contribution in [0.3, 0.4) is 0 Å². The van der Waals surface area contributed by atoms with Gasteiger partial charge in [-0.25, -0.2) is 23.9 Å². The number of rotatable bonds is 11. The van der Waals surface area contributed by atoms with Gasteiger partial charge in [0.25, 0.3) is 0 Å². The molecule has 7 heterocycles. The molecule has 18 heteroatoms. The molecule has 10 rings (SSSR count). The van der Waals surface area contributed by atoms with E-state index in [1.54, 1.807) is 22.2 Å². The molecule has 4 N–H and O–H groups in total. The van der Waals surface area contributed by atoms with Crippen LogP contribution in [0, 0.1) is 17.7 Å². The summed E-state index contributed by atoms with van der Waals surface area (Å²) in [6.07, 6.45) is 6.02. The van der Waals surface area contributed by atoms with E-state index in [9.17, 15) is 19.2 Å². The van der Waals surface area contributed by atoms with Crippen LogP contribution in [0.5, 0.6) is 11.5 Å². The minimum atomic E-state index is -0.781. The molecule has 3 unspecified atom stereocenters. The van der Waals surface area contributed by atoms with Crippen molar-refractivity contribution in [3.05, 3.63) is 95.6 Å². The van der Waals surface area contributed by atoms with E-state index in [1.165, 1.54) is 20.3 Å². The van der Waals surface area contributed by atoms with E-state index in [4.69, 9.17) is 28.9 Å². The van der Waals surface area contributed by atoms with Crippen molar-refractivity contribution in [2.45, 2.75) is 116 Å². The van der Waals surface area contributed by atoms with Crippen LogP contribution in [0.2, 0.25) is 0 Å². The van der Waals surface area contributed by atoms with Crippen LogP contribution in [0.15, 0.2) is 67.0 Å². The van der Waals surface area contributed by atoms with Gasteiger partial charge in [0.15, 0.2) is 0 Å². The maximum atomic E-state index is 17.1. The molecule has 5 atom stereocenters. The van der Waals surface area contributed by atoms with E-state index in [-0.39, 0.29) is 41.3 Å². The molecular weight excluding hydrogens is 922 g/mol. The number of amides is 4. The maximum Gasteiger partial charge on any atom is 0.407 e. The molecule has 2 fully saturated rings. The van der Waals surface area contributed by atoms with Crippen molar-refractivity contribution in [1.29, 1.82) is 0 Å². The van der Waals surface area contributed by atoms with Gasteiger partial charge in [0.2, 0.25) is 18.0 Å². The third kappa shape index (κ3) is 8.88. The highest BCUT2D eigenvalue weighted by Crippen LogP contribution is 2.48. The zero-order chi connectivity index (χ0) is 50.7. The Bertz CT molecular complexity index is 3080. The number of aromatic nitrogens is 5. The van der Waals surface area contributed by atoms with E-state index >= 15 is 4.39 Å². The summed E-state index contributed by atoms with van der Waals surface area (Å²) >= 11 is 0. The molecule has 0 bridgehead atoms. The predicted octanol–water partition coefficient (Wildman–Crippen LogP) is 9.36. The van der Waals surface area contributed by atoms with E-state index < -0.39 is 36.3 Å². The molecule has 378 valence electrons. The molecule has 0 spiro atoms. The smallest absolute Gasteiger partial charge is 0.407 e. The Kier molecular flexibility index (Phi) is 12.7. The summed E-state index contributed by atoms with van der Waals surface area (Å²) in [5, 5.41) is 6.26. The van der Waals surface area contributed by atoms with Crippen molar-refractivity contribution in [2.24, 2.45) is 11.8 Å². The Morgan fingerprint density at radius 2 is 1.36 bits per heavy atom. The lowest BCUT2D eigenvalue weighted by atomic mass is 9.93. The third-order valence-electron chi connectivity index (χ3n) is 14.7. The van der Waals surface area contributed by atoms with E-state index in [0.717, 1.165) is 64.7 Å². The highest BCUT2D eigenvalue weighted by molar-refractivity contribution is 5.93. The third-order valence-corrected chi connectivity index (χ3v) is 14.7. The molecule has 3 aromatic carbocycles. The fourth-order valence-electron chi connectivity index (χ4n) is 10.8. The number of hydrogen-bond acceptors (Lipinski definition) is 10. The lowest BCUT2D eigenvalue weighted by molar-refractivity contribution is -0.136. The van der Waals surface area contributed by atoms with Crippen LogP contribution in [-0.2, 0) is 25.5 Å². The van der Waals surface area contributed by atoms with Crippen molar-refractivity contribution in [1.82, 2.24) is 44.9 Å². The molecule has 72 heavy (non-hydrogen) atoms. The second kappa shape index (κ2) is 19.0. The minimum Gasteiger partial charge on any atom is -0.488 e. The van der Waals surface area contributed by atoms with Crippen LogP contribution < -0.4 is 20.1 Å². The first-order chi connectivity index (χ1) is 34.5. The average molecular weight is 984 g/mol. The zero-order valence-electron chi connectivity index (χ0n) is 41.9. The number of alkyl carbamates (subject to hydrolysis) is 2. The minimum absolute atomic E-state index is 0.160. The lowest BCUT2D eigenvalue weighted by Gasteiger charge is -2.34. The summed E-state index contributed by atoms with van der Waals surface area (Å²) in [6, 6.07) is 15.3. The first kappa shape index (κ1) is 48.3. The molecule has 17 nitrogen and oxygen atoms in total. The van der Waals surface area contributed by atoms with Gasteiger partial charge in [-0.2, -0.15) is 0 Å². The Morgan fingerprint density at radius 3 is 1.94 bits per heavy atom. The number of methoxy groups -OCH3 is 2. The maximum absolute atomic E-state index is 17.1. The molecule has 0 saturated carbocycles. The SMILES string of the molecule is COC(=O)NC(C(=O)N1CCC[C@H]1c1ncc(-c2cc(F)c3c(c2)OC(c2ccc4c(c2)CCC(C)(C)O4)n2c-3cc3cc(-c4cnc([C@@H]5CCCN5C(=O)C(NC(=O)OC)C(C)C)[nH]4)ccc32)[nH]1)C(C)C. The van der Waals surface area contributed by atoms with Crippen molar-refractivity contribution in [3.8, 4) is 45.3 Å². The summed E-state index contributed by atoms with van der Waals surface area (Å²) in [5.41, 5.74) is 6.15. The number of ether oxygens (including phenoxy) is 4. The zero-order valence-corrected chi connectivity index (χ0v) is 41.9. The van der Waals surface area contributed by atoms with Crippen LogP contribution in [0.4, 0.5) is 14.0 Å². The number of nitrogens with zero attached hydrogens (tertiary/aromatic N) is 5. The second-order valence-corrected chi connectivity index (χ2v) is 20.7. The summed E-state index contributed by atoms with van der Waals surface area (Å²) in [6.45, 7) is 12.7. The Hall–Kier alpha value is -7.37. The number of aryl methyl sites for hydroxylation is 1. The van der Waals surface area contributed by atoms with Crippen LogP contribution >= 0.6 is 0 Å². The number of imidazole rings is 2. The fourth-order valence-corrected chi connectivity index (χ4v) is 10.8. The van der Waals surface area contributed by atoms with E-state index in [2.05, 4.69) is 46.6 Å². The molecule has 4 aliphatic rings. The number of nitrogens with one attached hydrogen (secondary N) is 4. The first-order valence-electron chi connectivity index (χ1n) is 24.9. The van der Waals surface area contributed by atoms with Gasteiger partial charge in [0, 0.05) is 35.2 Å². The standard InChI is InChI=1S/C54H62FN9O8/c1-28(2)45(60-52(67)69-7)49(65)62-19-9-11-39(62)47-56-26-36(58-47)30-13-15-38-34(21-30)24-41-44-35(55)23-33(25-43(44)71-51(64(38)41)32-14-16-42-31(22-32)17-18-54(5,6)72-42)37-27-57-48(59-37)40-12-10-20-63(40)50(66)46(29(3)4)61-53(68)70-8/h13-16,21-29,39-40,45-46,51H,9-12,17-20H2,1-8H3,(H,56,58)(H,57,59)(H,60,67)(H,61,68)/t39-,40-,45?,46?,51?/m0/s1. The van der Waals surface area contributed by atoms with Gasteiger partial charge in [-0.1, -0.05) is 33.8 Å². The highest BCUT2D eigenvalue weighted by Gasteiger charge is 2.40. The summed E-state index contributed by atoms with van der Waals surface area (Å²) in [4.78, 5) is 72.0. The van der Waals surface area contributed by atoms with Gasteiger partial charge in [-0.15, -0.1) is 0 Å². The van der Waals surface area contributed by atoms with Gasteiger partial charge in [0.05, 0.1) is 66.9 Å². The Morgan fingerprint density at radius 1 is 0.764 bits per heavy atom. The van der Waals surface area contributed by atoms with E-state index in [0.29, 0.717) is 65.8 Å². The van der Waals surface area contributed by atoms with Gasteiger partial charge in [0.1, 0.15) is 46.6 Å². The largest absolute Gasteiger partial charge is 0.488 e. The van der Waals surface area contributed by atoms with Crippen LogP contribution in [0.25, 0.3) is 44.7 Å². The molecule has 3 aromatic heterocycles. The quantitative estimate of drug-likeness (QED) is 0.0971. The average Bonchev–Trinajstić information content (AvgIpc) is 4.22. The number of carbonyl (C=O) groups excluding carboxylic acids is 4. The van der Waals surface area contributed by atoms with Crippen molar-refractivity contribution < 1.29 is 42.5 Å². The number of benzene rings is 3. The van der Waals surface area contributed by atoms with Gasteiger partial charge in [-0.05, 0) is 118 Å². The number of H-pyrrole nitrogens is 2. The topological polar surface area (TPSA) is 198 Å². The molecule has 4 amide bonds. The number of fused-ring (bicyclic) bond motifs is 6. The summed E-state index contributed by atoms with van der Waals surface area (Å²) < 4.78 is 42.1. The molecular formula is C54H62FN9O8. The molecule has 0 aliphatic carbocycles. The lowest BCUT2D eigenvalue weighted by Crippen LogP contribution is -2.51. The fraction of sp³-hybridized carbons (Fsp3) is 0.444. The van der Waals surface area contributed by atoms with Crippen LogP contribution in [0.1, 0.15) is 115 Å². The Balaban J connectivity index is 0.989. The normalized spacial score (nSPS) is 19.8. The predicted molar refractivity (Wildman–Crippen MR) is 266 cm³/mol. The van der Waals surface area contributed by atoms with Gasteiger partial charge >= 0.3 is 12.2 Å². The van der Waals surface area contributed by atoms with Crippen LogP contribution in [-0.4, -0.2) is 103 Å². The first-order valence-corrected chi connectivity index (χ1v) is 24.9. The number of carbonyl (C=O) groups is 4. The Labute approximate surface area is 417 Å². The van der Waals surface area contributed by atoms with Gasteiger partial charge in [-0.3, -0.25) is 9.59 Å². The second-order valence-electron chi connectivity index (χ2n) is 20.7. The molecule has 0 radical (unpaired) electrons. The summed E-state index contributed by atoms with van der Waals surface area (Å²) in [5.74, 6) is 1.18. The number of hydrogen-bond donors (Lipinski definition) is 4. The monoisotopic (exact) mass is 983 g/mol. The van der Waals surface area contributed by atoms with Crippen molar-refractivity contribution in [2.75, 3.05) is 27.3 Å². The highest BCUT2D eigenvalue weighted by atomic mass is 19.1.